The van der Waals surface area contributed by atoms with Gasteiger partial charge in [0.15, 0.2) is 0 Å². The molecule has 1 heterocycles. The largest absolute Gasteiger partial charge is 0.494 e. The number of imide groups is 2. The molecule has 6 nitrogen and oxygen atoms in total. The number of aryl methyl sites for hydroxylation is 4. The molecule has 0 saturated carbocycles. The van der Waals surface area contributed by atoms with Gasteiger partial charge in [-0.05, 0) is 75.6 Å². The van der Waals surface area contributed by atoms with Crippen LogP contribution in [0.5, 0.6) is 5.75 Å². The van der Waals surface area contributed by atoms with Crippen LogP contribution < -0.4 is 15.0 Å². The third-order valence-electron chi connectivity index (χ3n) is 6.14. The highest BCUT2D eigenvalue weighted by molar-refractivity contribution is 6.39. The quantitative estimate of drug-likeness (QED) is 0.311. The van der Waals surface area contributed by atoms with Crippen molar-refractivity contribution < 1.29 is 19.1 Å². The Bertz CT molecular complexity index is 1440. The fourth-order valence-electron chi connectivity index (χ4n) is 4.64. The van der Waals surface area contributed by atoms with Crippen LogP contribution in [-0.4, -0.2) is 24.5 Å². The van der Waals surface area contributed by atoms with Gasteiger partial charge in [0.05, 0.1) is 12.3 Å². The van der Waals surface area contributed by atoms with Crippen LogP contribution in [0.1, 0.15) is 45.9 Å². The Balaban J connectivity index is 1.73. The highest BCUT2D eigenvalue weighted by Gasteiger charge is 2.37. The minimum Gasteiger partial charge on any atom is -0.494 e. The van der Waals surface area contributed by atoms with Gasteiger partial charge in [-0.25, -0.2) is 9.69 Å². The monoisotopic (exact) mass is 516 g/mol. The predicted octanol–water partition coefficient (Wildman–Crippen LogP) is 6.23. The van der Waals surface area contributed by atoms with Crippen molar-refractivity contribution in [2.75, 3.05) is 11.5 Å². The number of amides is 4. The van der Waals surface area contributed by atoms with Gasteiger partial charge >= 0.3 is 6.03 Å². The van der Waals surface area contributed by atoms with Gasteiger partial charge in [0.2, 0.25) is 0 Å². The maximum absolute atomic E-state index is 13.4. The van der Waals surface area contributed by atoms with Crippen LogP contribution in [-0.2, 0) is 16.0 Å². The second-order valence-electron chi connectivity index (χ2n) is 9.33. The summed E-state index contributed by atoms with van der Waals surface area (Å²) in [6, 6.07) is 14.4. The molecule has 1 fully saturated rings. The zero-order valence-electron chi connectivity index (χ0n) is 21.6. The first-order valence-corrected chi connectivity index (χ1v) is 12.5. The first-order valence-electron chi connectivity index (χ1n) is 12.1. The number of anilines is 1. The maximum atomic E-state index is 13.4. The molecule has 4 amide bonds. The van der Waals surface area contributed by atoms with E-state index in [4.69, 9.17) is 16.3 Å². The molecule has 1 N–H and O–H groups in total. The highest BCUT2D eigenvalue weighted by Crippen LogP contribution is 2.33. The van der Waals surface area contributed by atoms with Gasteiger partial charge in [-0.3, -0.25) is 14.9 Å². The van der Waals surface area contributed by atoms with Crippen molar-refractivity contribution in [1.29, 1.82) is 0 Å². The van der Waals surface area contributed by atoms with E-state index in [1.165, 1.54) is 6.08 Å². The number of urea groups is 1. The molecule has 37 heavy (non-hydrogen) atoms. The molecule has 7 heteroatoms. The number of halogens is 1. The summed E-state index contributed by atoms with van der Waals surface area (Å²) in [5, 5.41) is 2.74. The normalized spacial score (nSPS) is 14.8. The van der Waals surface area contributed by atoms with Crippen LogP contribution in [0.2, 0.25) is 5.02 Å². The van der Waals surface area contributed by atoms with E-state index in [-0.39, 0.29) is 5.57 Å². The van der Waals surface area contributed by atoms with E-state index < -0.39 is 17.8 Å². The number of hydrogen-bond acceptors (Lipinski definition) is 4. The number of nitrogens with zero attached hydrogens (tertiary/aromatic N) is 1. The summed E-state index contributed by atoms with van der Waals surface area (Å²) in [5.41, 5.74) is 6.77. The average molecular weight is 517 g/mol. The van der Waals surface area contributed by atoms with Crippen LogP contribution in [0.4, 0.5) is 10.5 Å². The van der Waals surface area contributed by atoms with Crippen molar-refractivity contribution in [1.82, 2.24) is 5.32 Å². The Hall–Kier alpha value is -3.90. The highest BCUT2D eigenvalue weighted by atomic mass is 35.5. The van der Waals surface area contributed by atoms with Gasteiger partial charge in [-0.1, -0.05) is 58.6 Å². The van der Waals surface area contributed by atoms with Gasteiger partial charge in [0, 0.05) is 17.0 Å². The van der Waals surface area contributed by atoms with E-state index in [1.54, 1.807) is 18.2 Å². The molecule has 0 aliphatic carbocycles. The molecule has 0 unspecified atom stereocenters. The number of ether oxygens (including phenoxy) is 1. The molecule has 1 aliphatic rings. The van der Waals surface area contributed by atoms with E-state index in [0.29, 0.717) is 35.1 Å². The van der Waals surface area contributed by atoms with Crippen molar-refractivity contribution in [3.05, 3.63) is 98.1 Å². The molecule has 1 saturated heterocycles. The summed E-state index contributed by atoms with van der Waals surface area (Å²) in [4.78, 5) is 39.7. The van der Waals surface area contributed by atoms with Gasteiger partial charge in [-0.2, -0.15) is 0 Å². The summed E-state index contributed by atoms with van der Waals surface area (Å²) in [5.74, 6) is -0.884. The number of barbiturate groups is 1. The average Bonchev–Trinajstić information content (AvgIpc) is 2.80. The second-order valence-corrected chi connectivity index (χ2v) is 9.74. The number of rotatable bonds is 6. The second kappa shape index (κ2) is 10.6. The zero-order valence-corrected chi connectivity index (χ0v) is 22.3. The van der Waals surface area contributed by atoms with Crippen molar-refractivity contribution in [2.45, 2.75) is 41.0 Å². The molecule has 4 rings (SSSR count). The molecule has 3 aromatic carbocycles. The summed E-state index contributed by atoms with van der Waals surface area (Å²) in [7, 11) is 0. The van der Waals surface area contributed by atoms with Crippen LogP contribution in [0.25, 0.3) is 6.08 Å². The van der Waals surface area contributed by atoms with Crippen LogP contribution >= 0.6 is 11.6 Å². The van der Waals surface area contributed by atoms with E-state index in [2.05, 4.69) is 37.4 Å². The van der Waals surface area contributed by atoms with Crippen LogP contribution in [0.3, 0.4) is 0 Å². The third kappa shape index (κ3) is 5.59. The Morgan fingerprint density at radius 3 is 2.27 bits per heavy atom. The molecule has 1 aliphatic heterocycles. The van der Waals surface area contributed by atoms with Gasteiger partial charge in [-0.15, -0.1) is 0 Å². The first kappa shape index (κ1) is 26.2. The lowest BCUT2D eigenvalue weighted by molar-refractivity contribution is -0.122. The van der Waals surface area contributed by atoms with Crippen molar-refractivity contribution in [3.63, 3.8) is 0 Å². The smallest absolute Gasteiger partial charge is 0.335 e. The Morgan fingerprint density at radius 1 is 0.919 bits per heavy atom. The van der Waals surface area contributed by atoms with E-state index in [0.717, 1.165) is 38.3 Å². The summed E-state index contributed by atoms with van der Waals surface area (Å²) >= 11 is 6.71. The number of nitrogens with one attached hydrogen (secondary N) is 1. The lowest BCUT2D eigenvalue weighted by Crippen LogP contribution is -2.54. The molecule has 3 aromatic rings. The summed E-state index contributed by atoms with van der Waals surface area (Å²) in [6.45, 7) is 10.1. The zero-order chi connectivity index (χ0) is 26.9. The standard InChI is InChI=1S/C30H29ClN2O4/c1-6-37-27-16-22(15-25(31)23(27)13-21-11-18(3)9-19(4)12-21)14-24-28(34)32-30(36)33(29(24)35)26-8-7-17(2)10-20(26)5/h7-12,14-16H,6,13H2,1-5H3,(H,32,34,36)/b24-14+. The molecule has 0 atom stereocenters. The van der Waals surface area contributed by atoms with Crippen LogP contribution in [0, 0.1) is 27.7 Å². The fraction of sp³-hybridized carbons (Fsp3) is 0.233. The molecule has 0 radical (unpaired) electrons. The molecule has 0 spiro atoms. The summed E-state index contributed by atoms with van der Waals surface area (Å²) < 4.78 is 5.90. The lowest BCUT2D eigenvalue weighted by Gasteiger charge is -2.27. The molecule has 190 valence electrons. The number of hydrogen-bond donors (Lipinski definition) is 1. The SMILES string of the molecule is CCOc1cc(/C=C2\C(=O)NC(=O)N(c3ccc(C)cc3C)C2=O)cc(Cl)c1Cc1cc(C)cc(C)c1. The lowest BCUT2D eigenvalue weighted by atomic mass is 9.98. The molecule has 0 aromatic heterocycles. The number of benzene rings is 3. The van der Waals surface area contributed by atoms with E-state index >= 15 is 0 Å². The predicted molar refractivity (Wildman–Crippen MR) is 146 cm³/mol. The topological polar surface area (TPSA) is 75.7 Å². The Morgan fingerprint density at radius 2 is 1.62 bits per heavy atom. The van der Waals surface area contributed by atoms with Crippen LogP contribution in [0.15, 0.2) is 54.1 Å². The number of carbonyl (C=O) groups is 3. The Kier molecular flexibility index (Phi) is 7.50. The van der Waals surface area contributed by atoms with Gasteiger partial charge < -0.3 is 4.74 Å². The molecular weight excluding hydrogens is 488 g/mol. The van der Waals surface area contributed by atoms with Crippen molar-refractivity contribution in [2.24, 2.45) is 0 Å². The molecular formula is C30H29ClN2O4. The fourth-order valence-corrected chi connectivity index (χ4v) is 4.93. The van der Waals surface area contributed by atoms with Gasteiger partial charge in [0.1, 0.15) is 11.3 Å². The Labute approximate surface area is 221 Å². The van der Waals surface area contributed by atoms with E-state index in [9.17, 15) is 14.4 Å². The third-order valence-corrected chi connectivity index (χ3v) is 6.48. The number of carbonyl (C=O) groups excluding carboxylic acids is 3. The van der Waals surface area contributed by atoms with Crippen molar-refractivity contribution >= 4 is 41.2 Å². The minimum atomic E-state index is -0.782. The molecule has 0 bridgehead atoms. The minimum absolute atomic E-state index is 0.167. The maximum Gasteiger partial charge on any atom is 0.335 e. The van der Waals surface area contributed by atoms with Crippen molar-refractivity contribution in [3.8, 4) is 5.75 Å². The van der Waals surface area contributed by atoms with Gasteiger partial charge in [0.25, 0.3) is 11.8 Å². The first-order chi connectivity index (χ1) is 17.6. The van der Waals surface area contributed by atoms with E-state index in [1.807, 2.05) is 32.9 Å². The summed E-state index contributed by atoms with van der Waals surface area (Å²) in [6.07, 6.45) is 2.01.